The number of halogens is 1. The fourth-order valence-electron chi connectivity index (χ4n) is 1.39. The van der Waals surface area contributed by atoms with E-state index in [1.54, 1.807) is 23.1 Å². The molecule has 1 heterocycles. The molecule has 0 saturated carbocycles. The van der Waals surface area contributed by atoms with Gasteiger partial charge in [0.25, 0.3) is 0 Å². The van der Waals surface area contributed by atoms with Crippen LogP contribution in [0.4, 0.5) is 10.1 Å². The Labute approximate surface area is 93.1 Å². The molecule has 4 nitrogen and oxygen atoms in total. The van der Waals surface area contributed by atoms with Crippen LogP contribution >= 0.6 is 0 Å². The van der Waals surface area contributed by atoms with Crippen LogP contribution in [0.15, 0.2) is 36.9 Å². The summed E-state index contributed by atoms with van der Waals surface area (Å²) >= 11 is 0. The van der Waals surface area contributed by atoms with Gasteiger partial charge in [-0.1, -0.05) is 0 Å². The Bertz CT molecular complexity index is 410. The van der Waals surface area contributed by atoms with Crippen LogP contribution in [0.1, 0.15) is 6.42 Å². The van der Waals surface area contributed by atoms with Crippen LogP contribution in [0.2, 0.25) is 0 Å². The zero-order valence-electron chi connectivity index (χ0n) is 8.81. The summed E-state index contributed by atoms with van der Waals surface area (Å²) in [5.74, 6) is -0.215. The molecule has 84 valence electrons. The largest absolute Gasteiger partial charge is 0.385 e. The van der Waals surface area contributed by atoms with Crippen LogP contribution in [0.5, 0.6) is 0 Å². The molecule has 0 spiro atoms. The fraction of sp³-hybridized carbons (Fsp3) is 0.273. The highest BCUT2D eigenvalue weighted by Gasteiger charge is 1.94. The van der Waals surface area contributed by atoms with Crippen molar-refractivity contribution < 1.29 is 4.39 Å². The number of nitrogens with one attached hydrogen (secondary N) is 1. The highest BCUT2D eigenvalue weighted by Crippen LogP contribution is 2.07. The van der Waals surface area contributed by atoms with Crippen molar-refractivity contribution in [2.24, 2.45) is 0 Å². The molecular formula is C11H13FN4. The number of benzene rings is 1. The van der Waals surface area contributed by atoms with E-state index in [1.807, 2.05) is 0 Å². The summed E-state index contributed by atoms with van der Waals surface area (Å²) in [5.41, 5.74) is 0.931. The Balaban J connectivity index is 1.70. The Morgan fingerprint density at radius 2 is 2.06 bits per heavy atom. The second kappa shape index (κ2) is 5.25. The summed E-state index contributed by atoms with van der Waals surface area (Å²) in [6.45, 7) is 1.65. The molecule has 0 saturated heterocycles. The van der Waals surface area contributed by atoms with Gasteiger partial charge in [0.1, 0.15) is 18.5 Å². The third-order valence-corrected chi connectivity index (χ3v) is 2.20. The van der Waals surface area contributed by atoms with Gasteiger partial charge in [-0.15, -0.1) is 0 Å². The summed E-state index contributed by atoms with van der Waals surface area (Å²) in [6, 6.07) is 6.34. The Morgan fingerprint density at radius 1 is 1.25 bits per heavy atom. The lowest BCUT2D eigenvalue weighted by atomic mass is 10.3. The predicted octanol–water partition coefficient (Wildman–Crippen LogP) is 1.92. The summed E-state index contributed by atoms with van der Waals surface area (Å²) in [6.07, 6.45) is 4.16. The maximum Gasteiger partial charge on any atom is 0.137 e. The molecular weight excluding hydrogens is 207 g/mol. The summed E-state index contributed by atoms with van der Waals surface area (Å²) < 4.78 is 14.4. The number of hydrogen-bond acceptors (Lipinski definition) is 3. The van der Waals surface area contributed by atoms with E-state index < -0.39 is 0 Å². The molecule has 0 aliphatic heterocycles. The number of nitrogens with zero attached hydrogens (tertiary/aromatic N) is 3. The van der Waals surface area contributed by atoms with Gasteiger partial charge in [-0.3, -0.25) is 4.68 Å². The smallest absolute Gasteiger partial charge is 0.137 e. The van der Waals surface area contributed by atoms with Gasteiger partial charge >= 0.3 is 0 Å². The van der Waals surface area contributed by atoms with E-state index in [-0.39, 0.29) is 5.82 Å². The van der Waals surface area contributed by atoms with Crippen LogP contribution in [0, 0.1) is 5.82 Å². The molecule has 1 aromatic carbocycles. The van der Waals surface area contributed by atoms with Gasteiger partial charge < -0.3 is 5.32 Å². The molecule has 0 fully saturated rings. The number of rotatable bonds is 5. The van der Waals surface area contributed by atoms with Crippen LogP contribution in [0.3, 0.4) is 0 Å². The second-order valence-corrected chi connectivity index (χ2v) is 3.45. The maximum absolute atomic E-state index is 12.6. The van der Waals surface area contributed by atoms with Crippen molar-refractivity contribution in [3.05, 3.63) is 42.7 Å². The average Bonchev–Trinajstić information content (AvgIpc) is 2.80. The summed E-state index contributed by atoms with van der Waals surface area (Å²) in [7, 11) is 0. The van der Waals surface area contributed by atoms with E-state index >= 15 is 0 Å². The number of aromatic nitrogens is 3. The monoisotopic (exact) mass is 220 g/mol. The second-order valence-electron chi connectivity index (χ2n) is 3.45. The quantitative estimate of drug-likeness (QED) is 0.783. The van der Waals surface area contributed by atoms with Gasteiger partial charge in [0, 0.05) is 18.8 Å². The van der Waals surface area contributed by atoms with Crippen molar-refractivity contribution >= 4 is 5.69 Å². The first-order chi connectivity index (χ1) is 7.84. The highest BCUT2D eigenvalue weighted by atomic mass is 19.1. The minimum Gasteiger partial charge on any atom is -0.385 e. The first-order valence-electron chi connectivity index (χ1n) is 5.16. The standard InChI is InChI=1S/C11H13FN4/c12-10-2-4-11(5-3-10)14-6-1-7-16-9-13-8-15-16/h2-5,8-9,14H,1,6-7H2. The van der Waals surface area contributed by atoms with Crippen molar-refractivity contribution in [1.82, 2.24) is 14.8 Å². The zero-order chi connectivity index (χ0) is 11.2. The third-order valence-electron chi connectivity index (χ3n) is 2.20. The predicted molar refractivity (Wildman–Crippen MR) is 59.5 cm³/mol. The topological polar surface area (TPSA) is 42.7 Å². The molecule has 0 radical (unpaired) electrons. The molecule has 2 aromatic rings. The van der Waals surface area contributed by atoms with E-state index in [2.05, 4.69) is 15.4 Å². The van der Waals surface area contributed by atoms with Gasteiger partial charge in [0.15, 0.2) is 0 Å². The molecule has 0 bridgehead atoms. The fourth-order valence-corrected chi connectivity index (χ4v) is 1.39. The van der Waals surface area contributed by atoms with E-state index in [4.69, 9.17) is 0 Å². The molecule has 1 N–H and O–H groups in total. The summed E-state index contributed by atoms with van der Waals surface area (Å²) in [5, 5.41) is 7.21. The molecule has 0 aliphatic carbocycles. The van der Waals surface area contributed by atoms with Crippen molar-refractivity contribution in [3.8, 4) is 0 Å². The number of aryl methyl sites for hydroxylation is 1. The minimum absolute atomic E-state index is 0.215. The zero-order valence-corrected chi connectivity index (χ0v) is 8.81. The van der Waals surface area contributed by atoms with Crippen molar-refractivity contribution in [1.29, 1.82) is 0 Å². The van der Waals surface area contributed by atoms with Gasteiger partial charge in [0.05, 0.1) is 0 Å². The number of hydrogen-bond donors (Lipinski definition) is 1. The molecule has 0 aliphatic rings. The van der Waals surface area contributed by atoms with Crippen LogP contribution in [-0.2, 0) is 6.54 Å². The lowest BCUT2D eigenvalue weighted by Gasteiger charge is -2.05. The molecule has 0 amide bonds. The Morgan fingerprint density at radius 3 is 2.75 bits per heavy atom. The van der Waals surface area contributed by atoms with Gasteiger partial charge in [0.2, 0.25) is 0 Å². The minimum atomic E-state index is -0.215. The van der Waals surface area contributed by atoms with Crippen LogP contribution in [-0.4, -0.2) is 21.3 Å². The molecule has 0 atom stereocenters. The molecule has 2 rings (SSSR count). The van der Waals surface area contributed by atoms with Gasteiger partial charge in [-0.25, -0.2) is 9.37 Å². The molecule has 16 heavy (non-hydrogen) atoms. The third kappa shape index (κ3) is 3.05. The Kier molecular flexibility index (Phi) is 3.48. The molecule has 0 unspecified atom stereocenters. The number of anilines is 1. The van der Waals surface area contributed by atoms with Crippen LogP contribution in [0.25, 0.3) is 0 Å². The molecule has 5 heteroatoms. The maximum atomic E-state index is 12.6. The SMILES string of the molecule is Fc1ccc(NCCCn2cncn2)cc1. The van der Waals surface area contributed by atoms with E-state index in [9.17, 15) is 4.39 Å². The average molecular weight is 220 g/mol. The van der Waals surface area contributed by atoms with Crippen molar-refractivity contribution in [2.45, 2.75) is 13.0 Å². The van der Waals surface area contributed by atoms with Gasteiger partial charge in [-0.05, 0) is 30.7 Å². The van der Waals surface area contributed by atoms with Crippen molar-refractivity contribution in [2.75, 3.05) is 11.9 Å². The first-order valence-corrected chi connectivity index (χ1v) is 5.16. The van der Waals surface area contributed by atoms with E-state index in [0.29, 0.717) is 0 Å². The summed E-state index contributed by atoms with van der Waals surface area (Å²) in [4.78, 5) is 3.86. The van der Waals surface area contributed by atoms with E-state index in [1.165, 1.54) is 18.5 Å². The lowest BCUT2D eigenvalue weighted by Crippen LogP contribution is -2.06. The first kappa shape index (κ1) is 10.6. The van der Waals surface area contributed by atoms with Gasteiger partial charge in [-0.2, -0.15) is 5.10 Å². The van der Waals surface area contributed by atoms with Crippen LogP contribution < -0.4 is 5.32 Å². The van der Waals surface area contributed by atoms with Crippen molar-refractivity contribution in [3.63, 3.8) is 0 Å². The Hall–Kier alpha value is -1.91. The normalized spacial score (nSPS) is 10.3. The van der Waals surface area contributed by atoms with E-state index in [0.717, 1.165) is 25.2 Å². The lowest BCUT2D eigenvalue weighted by molar-refractivity contribution is 0.590. The molecule has 1 aromatic heterocycles. The highest BCUT2D eigenvalue weighted by molar-refractivity contribution is 5.42.